The zero-order chi connectivity index (χ0) is 16.4. The highest BCUT2D eigenvalue weighted by molar-refractivity contribution is 5.67. The van der Waals surface area contributed by atoms with Gasteiger partial charge in [0.25, 0.3) is 0 Å². The van der Waals surface area contributed by atoms with E-state index in [-0.39, 0.29) is 0 Å². The summed E-state index contributed by atoms with van der Waals surface area (Å²) in [6.45, 7) is 1.93. The molecule has 0 N–H and O–H groups in total. The van der Waals surface area contributed by atoms with Crippen molar-refractivity contribution in [1.29, 1.82) is 0 Å². The first-order valence-corrected chi connectivity index (χ1v) is 7.15. The van der Waals surface area contributed by atoms with Gasteiger partial charge in [0.2, 0.25) is 0 Å². The lowest BCUT2D eigenvalue weighted by atomic mass is 10.0. The van der Waals surface area contributed by atoms with E-state index in [1.54, 1.807) is 36.4 Å². The van der Waals surface area contributed by atoms with E-state index in [4.69, 9.17) is 0 Å². The third-order valence-corrected chi connectivity index (χ3v) is 3.57. The second-order valence-corrected chi connectivity index (χ2v) is 5.36. The molecule has 116 valence electrons. The monoisotopic (exact) mass is 313 g/mol. The van der Waals surface area contributed by atoms with Gasteiger partial charge in [-0.3, -0.25) is 0 Å². The molecule has 1 heterocycles. The number of aryl methyl sites for hydroxylation is 1. The largest absolute Gasteiger partial charge is 0.416 e. The summed E-state index contributed by atoms with van der Waals surface area (Å²) in [6, 6.07) is 18.4. The molecule has 0 radical (unpaired) electrons. The second-order valence-electron chi connectivity index (χ2n) is 5.36. The molecule has 0 spiro atoms. The van der Waals surface area contributed by atoms with E-state index in [1.807, 2.05) is 25.1 Å². The van der Waals surface area contributed by atoms with Gasteiger partial charge < -0.3 is 0 Å². The smallest absolute Gasteiger partial charge is 0.248 e. The van der Waals surface area contributed by atoms with Crippen LogP contribution in [0.3, 0.4) is 0 Å². The van der Waals surface area contributed by atoms with Gasteiger partial charge in [-0.15, -0.1) is 0 Å². The summed E-state index contributed by atoms with van der Waals surface area (Å²) in [5.74, 6) is 0. The first-order chi connectivity index (χ1) is 10.9. The number of hydrogen-bond donors (Lipinski definition) is 0. The van der Waals surface area contributed by atoms with Crippen molar-refractivity contribution < 1.29 is 13.2 Å². The molecular formula is C19H14F3N. The standard InChI is InChI=1S/C19H14F3N/c1-13-7-9-15(10-8-13)18-12-16(19(20,21)22)11-17(23-18)14-5-3-2-4-6-14/h2-12H,1H3. The molecule has 23 heavy (non-hydrogen) atoms. The van der Waals surface area contributed by atoms with Gasteiger partial charge in [0.15, 0.2) is 0 Å². The number of rotatable bonds is 2. The molecule has 0 unspecified atom stereocenters. The average molecular weight is 313 g/mol. The summed E-state index contributed by atoms with van der Waals surface area (Å²) in [6.07, 6.45) is -4.41. The van der Waals surface area contributed by atoms with E-state index in [9.17, 15) is 13.2 Å². The number of hydrogen-bond acceptors (Lipinski definition) is 1. The molecule has 0 saturated carbocycles. The van der Waals surface area contributed by atoms with Crippen LogP contribution in [0.15, 0.2) is 66.7 Å². The minimum Gasteiger partial charge on any atom is -0.248 e. The van der Waals surface area contributed by atoms with Crippen LogP contribution in [0, 0.1) is 6.92 Å². The lowest BCUT2D eigenvalue weighted by molar-refractivity contribution is -0.137. The minimum absolute atomic E-state index is 0.316. The van der Waals surface area contributed by atoms with Crippen molar-refractivity contribution in [3.63, 3.8) is 0 Å². The molecule has 0 fully saturated rings. The Kier molecular flexibility index (Phi) is 3.90. The molecular weight excluding hydrogens is 299 g/mol. The summed E-state index contributed by atoms with van der Waals surface area (Å²) in [5, 5.41) is 0. The van der Waals surface area contributed by atoms with E-state index in [2.05, 4.69) is 4.98 Å². The fourth-order valence-electron chi connectivity index (χ4n) is 2.32. The summed E-state index contributed by atoms with van der Waals surface area (Å²) in [7, 11) is 0. The van der Waals surface area contributed by atoms with Crippen molar-refractivity contribution in [2.45, 2.75) is 13.1 Å². The van der Waals surface area contributed by atoms with E-state index in [0.717, 1.165) is 17.7 Å². The molecule has 3 aromatic rings. The van der Waals surface area contributed by atoms with Crippen LogP contribution in [-0.2, 0) is 6.18 Å². The van der Waals surface area contributed by atoms with Gasteiger partial charge in [-0.2, -0.15) is 13.2 Å². The minimum atomic E-state index is -4.41. The molecule has 3 rings (SSSR count). The van der Waals surface area contributed by atoms with Crippen molar-refractivity contribution in [3.05, 3.63) is 77.9 Å². The summed E-state index contributed by atoms with van der Waals surface area (Å²) >= 11 is 0. The number of nitrogens with zero attached hydrogens (tertiary/aromatic N) is 1. The first-order valence-electron chi connectivity index (χ1n) is 7.15. The van der Waals surface area contributed by atoms with E-state index in [0.29, 0.717) is 22.5 Å². The van der Waals surface area contributed by atoms with Gasteiger partial charge >= 0.3 is 6.18 Å². The van der Waals surface area contributed by atoms with Crippen molar-refractivity contribution in [1.82, 2.24) is 4.98 Å². The third-order valence-electron chi connectivity index (χ3n) is 3.57. The van der Waals surface area contributed by atoms with Crippen LogP contribution in [0.1, 0.15) is 11.1 Å². The zero-order valence-electron chi connectivity index (χ0n) is 12.4. The lowest BCUT2D eigenvalue weighted by Gasteiger charge is -2.12. The Hall–Kier alpha value is -2.62. The Labute approximate surface area is 132 Å². The van der Waals surface area contributed by atoms with Crippen LogP contribution >= 0.6 is 0 Å². The summed E-state index contributed by atoms with van der Waals surface area (Å²) in [4.78, 5) is 4.42. The Balaban J connectivity index is 2.18. The summed E-state index contributed by atoms with van der Waals surface area (Å²) < 4.78 is 39.6. The second kappa shape index (κ2) is 5.88. The normalized spacial score (nSPS) is 11.5. The number of pyridine rings is 1. The SMILES string of the molecule is Cc1ccc(-c2cc(C(F)(F)F)cc(-c3ccccc3)n2)cc1. The van der Waals surface area contributed by atoms with Crippen LogP contribution in [0.5, 0.6) is 0 Å². The number of benzene rings is 2. The molecule has 0 atom stereocenters. The highest BCUT2D eigenvalue weighted by Crippen LogP contribution is 2.34. The van der Waals surface area contributed by atoms with Crippen LogP contribution in [0.2, 0.25) is 0 Å². The van der Waals surface area contributed by atoms with Crippen LogP contribution in [0.4, 0.5) is 13.2 Å². The van der Waals surface area contributed by atoms with Crippen LogP contribution in [0.25, 0.3) is 22.5 Å². The Morgan fingerprint density at radius 1 is 0.739 bits per heavy atom. The zero-order valence-corrected chi connectivity index (χ0v) is 12.4. The van der Waals surface area contributed by atoms with Gasteiger partial charge in [-0.05, 0) is 19.1 Å². The predicted molar refractivity (Wildman–Crippen MR) is 84.8 cm³/mol. The van der Waals surface area contributed by atoms with Crippen LogP contribution < -0.4 is 0 Å². The predicted octanol–water partition coefficient (Wildman–Crippen LogP) is 5.74. The maximum absolute atomic E-state index is 13.2. The fraction of sp³-hybridized carbons (Fsp3) is 0.105. The molecule has 1 nitrogen and oxygen atoms in total. The van der Waals surface area contributed by atoms with Gasteiger partial charge in [-0.25, -0.2) is 4.98 Å². The lowest BCUT2D eigenvalue weighted by Crippen LogP contribution is -2.06. The Morgan fingerprint density at radius 3 is 1.78 bits per heavy atom. The first kappa shape index (κ1) is 15.3. The van der Waals surface area contributed by atoms with Crippen molar-refractivity contribution >= 4 is 0 Å². The van der Waals surface area contributed by atoms with E-state index >= 15 is 0 Å². The maximum Gasteiger partial charge on any atom is 0.416 e. The maximum atomic E-state index is 13.2. The van der Waals surface area contributed by atoms with Gasteiger partial charge in [0, 0.05) is 11.1 Å². The van der Waals surface area contributed by atoms with Gasteiger partial charge in [0.05, 0.1) is 17.0 Å². The molecule has 4 heteroatoms. The van der Waals surface area contributed by atoms with E-state index < -0.39 is 11.7 Å². The number of aromatic nitrogens is 1. The topological polar surface area (TPSA) is 12.9 Å². The Bertz CT molecular complexity index is 806. The molecule has 2 aromatic carbocycles. The molecule has 0 amide bonds. The molecule has 0 aliphatic rings. The summed E-state index contributed by atoms with van der Waals surface area (Å²) in [5.41, 5.74) is 2.31. The third kappa shape index (κ3) is 3.42. The van der Waals surface area contributed by atoms with Crippen molar-refractivity contribution in [2.24, 2.45) is 0 Å². The highest BCUT2D eigenvalue weighted by atomic mass is 19.4. The molecule has 0 saturated heterocycles. The molecule has 1 aromatic heterocycles. The van der Waals surface area contributed by atoms with E-state index in [1.165, 1.54) is 0 Å². The van der Waals surface area contributed by atoms with Crippen LogP contribution in [-0.4, -0.2) is 4.98 Å². The average Bonchev–Trinajstić information content (AvgIpc) is 2.55. The van der Waals surface area contributed by atoms with Crippen molar-refractivity contribution in [2.75, 3.05) is 0 Å². The number of halogens is 3. The highest BCUT2D eigenvalue weighted by Gasteiger charge is 2.31. The molecule has 0 bridgehead atoms. The van der Waals surface area contributed by atoms with Gasteiger partial charge in [-0.1, -0.05) is 60.2 Å². The van der Waals surface area contributed by atoms with Crippen molar-refractivity contribution in [3.8, 4) is 22.5 Å². The Morgan fingerprint density at radius 2 is 1.26 bits per heavy atom. The van der Waals surface area contributed by atoms with Gasteiger partial charge in [0.1, 0.15) is 0 Å². The quantitative estimate of drug-likeness (QED) is 0.587. The fourth-order valence-corrected chi connectivity index (χ4v) is 2.32. The molecule has 0 aliphatic carbocycles. The number of alkyl halides is 3. The molecule has 0 aliphatic heterocycles.